The lowest BCUT2D eigenvalue weighted by Gasteiger charge is -2.02. The normalized spacial score (nSPS) is 25.6. The number of sulfone groups is 2. The molecule has 0 saturated carbocycles. The van der Waals surface area contributed by atoms with Crippen LogP contribution in [0.1, 0.15) is 0 Å². The average molecular weight is 294 g/mol. The Morgan fingerprint density at radius 2 is 1.29 bits per heavy atom. The Balaban J connectivity index is 1.75. The summed E-state index contributed by atoms with van der Waals surface area (Å²) in [5.74, 6) is 1.99. The second kappa shape index (κ2) is 4.78. The van der Waals surface area contributed by atoms with Crippen LogP contribution in [0.4, 0.5) is 0 Å². The summed E-state index contributed by atoms with van der Waals surface area (Å²) in [6.45, 7) is 0. The number of rotatable bonds is 4. The van der Waals surface area contributed by atoms with Gasteiger partial charge in [0.1, 0.15) is 0 Å². The summed E-state index contributed by atoms with van der Waals surface area (Å²) in [6.07, 6.45) is 3.53. The van der Waals surface area contributed by atoms with E-state index in [4.69, 9.17) is 0 Å². The van der Waals surface area contributed by atoms with Crippen LogP contribution < -0.4 is 0 Å². The largest absolute Gasteiger partial charge is 0.228 e. The van der Waals surface area contributed by atoms with Gasteiger partial charge in [0, 0.05) is 11.5 Å². The number of hydrogen-bond donors (Lipinski definition) is 0. The lowest BCUT2D eigenvalue weighted by molar-refractivity contribution is 0.601. The fourth-order valence-electron chi connectivity index (χ4n) is 1.80. The van der Waals surface area contributed by atoms with E-state index in [1.807, 2.05) is 0 Å². The highest BCUT2D eigenvalue weighted by molar-refractivity contribution is 8.00. The van der Waals surface area contributed by atoms with Crippen LogP contribution in [0.3, 0.4) is 0 Å². The molecule has 0 spiro atoms. The molecule has 2 rings (SSSR count). The van der Waals surface area contributed by atoms with Crippen LogP contribution in [0.25, 0.3) is 0 Å². The second-order valence-electron chi connectivity index (χ2n) is 4.33. The van der Waals surface area contributed by atoms with E-state index in [2.05, 4.69) is 0 Å². The summed E-state index contributed by atoms with van der Waals surface area (Å²) in [7, 11) is -5.76. The van der Waals surface area contributed by atoms with Gasteiger partial charge in [-0.3, -0.25) is 0 Å². The lowest BCUT2D eigenvalue weighted by atomic mass is 10.3. The van der Waals surface area contributed by atoms with Crippen LogP contribution in [0, 0.1) is 0 Å². The van der Waals surface area contributed by atoms with E-state index >= 15 is 0 Å². The Bertz CT molecular complexity index is 515. The first-order valence-corrected chi connectivity index (χ1v) is 10.0. The second-order valence-corrected chi connectivity index (χ2v) is 9.53. The van der Waals surface area contributed by atoms with Gasteiger partial charge in [-0.2, -0.15) is 11.8 Å². The van der Waals surface area contributed by atoms with Crippen molar-refractivity contribution < 1.29 is 16.8 Å². The van der Waals surface area contributed by atoms with Gasteiger partial charge in [0.25, 0.3) is 0 Å². The maximum absolute atomic E-state index is 11.2. The minimum absolute atomic E-state index is 0.153. The number of hydrogen-bond acceptors (Lipinski definition) is 5. The summed E-state index contributed by atoms with van der Waals surface area (Å²) < 4.78 is 44.8. The minimum Gasteiger partial charge on any atom is -0.228 e. The molecule has 0 saturated heterocycles. The highest BCUT2D eigenvalue weighted by Crippen LogP contribution is 2.21. The highest BCUT2D eigenvalue weighted by atomic mass is 32.2. The molecule has 0 unspecified atom stereocenters. The molecule has 0 aromatic heterocycles. The van der Waals surface area contributed by atoms with Crippen LogP contribution in [-0.2, 0) is 19.7 Å². The van der Waals surface area contributed by atoms with Crippen molar-refractivity contribution in [1.29, 1.82) is 0 Å². The topological polar surface area (TPSA) is 68.3 Å². The third-order valence-corrected chi connectivity index (χ3v) is 6.76. The molecule has 0 N–H and O–H groups in total. The van der Waals surface area contributed by atoms with Gasteiger partial charge in [-0.05, 0) is 11.1 Å². The molecule has 0 aromatic rings. The summed E-state index contributed by atoms with van der Waals surface area (Å²) >= 11 is 1.58. The highest BCUT2D eigenvalue weighted by Gasteiger charge is 2.21. The predicted molar refractivity (Wildman–Crippen MR) is 70.8 cm³/mol. The molecule has 0 radical (unpaired) electrons. The quantitative estimate of drug-likeness (QED) is 0.703. The SMILES string of the molecule is O=S1(=O)CC=C(CSCC2=CCS(=O)(=O)C2)C1. The van der Waals surface area contributed by atoms with Gasteiger partial charge in [0.15, 0.2) is 19.7 Å². The molecular formula is C10H14O4S3. The Hall–Kier alpha value is -0.270. The van der Waals surface area contributed by atoms with Crippen LogP contribution in [0.5, 0.6) is 0 Å². The molecule has 96 valence electrons. The first-order chi connectivity index (χ1) is 7.86. The lowest BCUT2D eigenvalue weighted by Crippen LogP contribution is -2.05. The van der Waals surface area contributed by atoms with E-state index in [0.29, 0.717) is 11.5 Å². The van der Waals surface area contributed by atoms with Gasteiger partial charge in [-0.1, -0.05) is 12.2 Å². The molecule has 0 aromatic carbocycles. The molecule has 17 heavy (non-hydrogen) atoms. The van der Waals surface area contributed by atoms with Crippen molar-refractivity contribution in [3.05, 3.63) is 23.3 Å². The molecule has 0 fully saturated rings. The number of thioether (sulfide) groups is 1. The molecule has 2 heterocycles. The summed E-state index contributed by atoms with van der Waals surface area (Å²) in [6, 6.07) is 0. The van der Waals surface area contributed by atoms with E-state index in [9.17, 15) is 16.8 Å². The predicted octanol–water partition coefficient (Wildman–Crippen LogP) is 0.429. The first kappa shape index (κ1) is 13.2. The molecule has 2 aliphatic heterocycles. The molecule has 0 aliphatic carbocycles. The van der Waals surface area contributed by atoms with Gasteiger partial charge in [0.05, 0.1) is 23.0 Å². The first-order valence-electron chi connectivity index (χ1n) is 5.21. The molecule has 2 aliphatic rings. The molecule has 4 nitrogen and oxygen atoms in total. The average Bonchev–Trinajstić information content (AvgIpc) is 2.70. The van der Waals surface area contributed by atoms with E-state index in [0.717, 1.165) is 11.1 Å². The van der Waals surface area contributed by atoms with Gasteiger partial charge in [-0.25, -0.2) is 16.8 Å². The Morgan fingerprint density at radius 1 is 0.882 bits per heavy atom. The fraction of sp³-hybridized carbons (Fsp3) is 0.600. The Morgan fingerprint density at radius 3 is 1.59 bits per heavy atom. The van der Waals surface area contributed by atoms with Crippen LogP contribution in [0.2, 0.25) is 0 Å². The molecule has 0 bridgehead atoms. The van der Waals surface area contributed by atoms with Crippen molar-refractivity contribution in [3.8, 4) is 0 Å². The third-order valence-electron chi connectivity index (χ3n) is 2.64. The zero-order valence-corrected chi connectivity index (χ0v) is 11.7. The maximum atomic E-state index is 11.2. The monoisotopic (exact) mass is 294 g/mol. The van der Waals surface area contributed by atoms with Crippen molar-refractivity contribution in [1.82, 2.24) is 0 Å². The standard InChI is InChI=1S/C10H14O4S3/c11-16(12)3-1-9(7-16)5-15-6-10-2-4-17(13,14)8-10/h1-2H,3-8H2. The van der Waals surface area contributed by atoms with E-state index in [-0.39, 0.29) is 23.0 Å². The Kier molecular flexibility index (Phi) is 3.70. The van der Waals surface area contributed by atoms with Gasteiger partial charge in [0.2, 0.25) is 0 Å². The smallest absolute Gasteiger partial charge is 0.157 e. The van der Waals surface area contributed by atoms with Crippen LogP contribution >= 0.6 is 11.8 Å². The van der Waals surface area contributed by atoms with Crippen molar-refractivity contribution in [2.75, 3.05) is 34.5 Å². The van der Waals surface area contributed by atoms with Crippen molar-refractivity contribution in [2.24, 2.45) is 0 Å². The van der Waals surface area contributed by atoms with Gasteiger partial charge >= 0.3 is 0 Å². The zero-order chi connectivity index (χ0) is 12.5. The molecule has 0 atom stereocenters. The van der Waals surface area contributed by atoms with Gasteiger partial charge in [-0.15, -0.1) is 0 Å². The fourth-order valence-corrected chi connectivity index (χ4v) is 5.91. The molecular weight excluding hydrogens is 280 g/mol. The van der Waals surface area contributed by atoms with Crippen LogP contribution in [-0.4, -0.2) is 51.4 Å². The van der Waals surface area contributed by atoms with Crippen molar-refractivity contribution >= 4 is 31.4 Å². The third kappa shape index (κ3) is 3.86. The van der Waals surface area contributed by atoms with Crippen molar-refractivity contribution in [2.45, 2.75) is 0 Å². The summed E-state index contributed by atoms with van der Waals surface area (Å²) in [5.41, 5.74) is 1.88. The van der Waals surface area contributed by atoms with E-state index in [1.54, 1.807) is 23.9 Å². The summed E-state index contributed by atoms with van der Waals surface area (Å²) in [5, 5.41) is 0. The van der Waals surface area contributed by atoms with E-state index in [1.165, 1.54) is 0 Å². The van der Waals surface area contributed by atoms with Crippen molar-refractivity contribution in [3.63, 3.8) is 0 Å². The van der Waals surface area contributed by atoms with Crippen LogP contribution in [0.15, 0.2) is 23.3 Å². The maximum Gasteiger partial charge on any atom is 0.157 e. The Labute approximate surface area is 106 Å². The molecule has 7 heteroatoms. The van der Waals surface area contributed by atoms with E-state index < -0.39 is 19.7 Å². The molecule has 0 amide bonds. The zero-order valence-electron chi connectivity index (χ0n) is 9.26. The minimum atomic E-state index is -2.88. The summed E-state index contributed by atoms with van der Waals surface area (Å²) in [4.78, 5) is 0. The van der Waals surface area contributed by atoms with Gasteiger partial charge < -0.3 is 0 Å².